The number of aromatic nitrogens is 4. The van der Waals surface area contributed by atoms with Crippen molar-refractivity contribution in [1.29, 1.82) is 0 Å². The summed E-state index contributed by atoms with van der Waals surface area (Å²) in [5, 5.41) is 15.4. The van der Waals surface area contributed by atoms with Crippen LogP contribution in [-0.2, 0) is 4.79 Å². The van der Waals surface area contributed by atoms with Crippen LogP contribution in [0.3, 0.4) is 0 Å². The molecule has 6 nitrogen and oxygen atoms in total. The summed E-state index contributed by atoms with van der Waals surface area (Å²) >= 11 is 1.31. The van der Waals surface area contributed by atoms with Crippen LogP contribution in [-0.4, -0.2) is 31.9 Å². The Bertz CT molecular complexity index is 934. The first-order valence-electron chi connectivity index (χ1n) is 8.83. The molecular weight excluding hydrogens is 358 g/mol. The average molecular weight is 382 g/mol. The topological polar surface area (TPSA) is 72.7 Å². The first-order valence-corrected chi connectivity index (χ1v) is 9.82. The van der Waals surface area contributed by atoms with Gasteiger partial charge in [0.25, 0.3) is 0 Å². The second kappa shape index (κ2) is 8.35. The highest BCUT2D eigenvalue weighted by Crippen LogP contribution is 2.22. The molecule has 0 unspecified atom stereocenters. The third-order valence-corrected chi connectivity index (χ3v) is 5.38. The Morgan fingerprint density at radius 1 is 1.15 bits per heavy atom. The molecule has 0 radical (unpaired) electrons. The number of carbonyl (C=O) groups is 1. The van der Waals surface area contributed by atoms with Gasteiger partial charge in [0.1, 0.15) is 0 Å². The minimum absolute atomic E-state index is 0.0848. The number of rotatable bonds is 6. The third-order valence-electron chi connectivity index (χ3n) is 4.46. The Labute approximate surface area is 163 Å². The van der Waals surface area contributed by atoms with Crippen LogP contribution in [0.15, 0.2) is 47.6 Å². The van der Waals surface area contributed by atoms with E-state index in [9.17, 15) is 4.79 Å². The van der Waals surface area contributed by atoms with E-state index < -0.39 is 0 Å². The van der Waals surface area contributed by atoms with Gasteiger partial charge in [-0.1, -0.05) is 49.9 Å². The van der Waals surface area contributed by atoms with E-state index in [1.807, 2.05) is 44.2 Å². The van der Waals surface area contributed by atoms with Gasteiger partial charge in [0.15, 0.2) is 0 Å². The van der Waals surface area contributed by atoms with Crippen LogP contribution >= 0.6 is 11.8 Å². The number of thioether (sulfide) groups is 1. The maximum Gasteiger partial charge on any atom is 0.234 e. The second-order valence-corrected chi connectivity index (χ2v) is 7.65. The minimum atomic E-state index is -0.0848. The summed E-state index contributed by atoms with van der Waals surface area (Å²) in [6.07, 6.45) is 0. The molecule has 3 rings (SSSR count). The van der Waals surface area contributed by atoms with Crippen LogP contribution in [0.2, 0.25) is 0 Å². The van der Waals surface area contributed by atoms with Crippen LogP contribution in [0.5, 0.6) is 0 Å². The van der Waals surface area contributed by atoms with E-state index in [1.165, 1.54) is 17.3 Å². The molecule has 2 aromatic carbocycles. The maximum atomic E-state index is 12.3. The minimum Gasteiger partial charge on any atom is -0.325 e. The summed E-state index contributed by atoms with van der Waals surface area (Å²) in [5.41, 5.74) is 5.19. The van der Waals surface area contributed by atoms with Crippen LogP contribution in [0.4, 0.5) is 5.69 Å². The summed E-state index contributed by atoms with van der Waals surface area (Å²) in [4.78, 5) is 12.3. The predicted octanol–water partition coefficient (Wildman–Crippen LogP) is 4.13. The predicted molar refractivity (Wildman–Crippen MR) is 109 cm³/mol. The van der Waals surface area contributed by atoms with Crippen molar-refractivity contribution in [2.24, 2.45) is 0 Å². The number of nitrogens with one attached hydrogen (secondary N) is 1. The molecule has 1 amide bonds. The van der Waals surface area contributed by atoms with E-state index in [-0.39, 0.29) is 11.7 Å². The summed E-state index contributed by atoms with van der Waals surface area (Å²) in [6, 6.07) is 14.0. The molecule has 7 heteroatoms. The zero-order chi connectivity index (χ0) is 19.4. The zero-order valence-electron chi connectivity index (χ0n) is 15.9. The molecule has 140 valence electrons. The molecule has 0 fully saturated rings. The lowest BCUT2D eigenvalue weighted by Crippen LogP contribution is -2.15. The number of aryl methyl sites for hydroxylation is 1. The summed E-state index contributed by atoms with van der Waals surface area (Å²) in [6.45, 7) is 8.33. The lowest BCUT2D eigenvalue weighted by molar-refractivity contribution is -0.113. The number of anilines is 1. The Morgan fingerprint density at radius 2 is 1.89 bits per heavy atom. The quantitative estimate of drug-likeness (QED) is 0.650. The molecule has 0 saturated carbocycles. The van der Waals surface area contributed by atoms with Gasteiger partial charge in [0.2, 0.25) is 11.1 Å². The van der Waals surface area contributed by atoms with Crippen LogP contribution < -0.4 is 5.32 Å². The largest absolute Gasteiger partial charge is 0.325 e. The van der Waals surface area contributed by atoms with Crippen molar-refractivity contribution in [2.75, 3.05) is 11.1 Å². The van der Waals surface area contributed by atoms with Crippen molar-refractivity contribution in [3.8, 4) is 5.69 Å². The fourth-order valence-corrected chi connectivity index (χ4v) is 3.33. The molecule has 0 aliphatic carbocycles. The van der Waals surface area contributed by atoms with Crippen molar-refractivity contribution in [2.45, 2.75) is 38.8 Å². The van der Waals surface area contributed by atoms with Gasteiger partial charge in [-0.25, -0.2) is 0 Å². The van der Waals surface area contributed by atoms with Gasteiger partial charge in [-0.05, 0) is 65.1 Å². The van der Waals surface area contributed by atoms with Crippen LogP contribution in [0, 0.1) is 13.8 Å². The molecule has 27 heavy (non-hydrogen) atoms. The van der Waals surface area contributed by atoms with Crippen molar-refractivity contribution >= 4 is 23.4 Å². The fraction of sp³-hybridized carbons (Fsp3) is 0.300. The van der Waals surface area contributed by atoms with E-state index in [0.29, 0.717) is 11.1 Å². The van der Waals surface area contributed by atoms with Gasteiger partial charge in [-0.3, -0.25) is 4.79 Å². The Morgan fingerprint density at radius 3 is 2.59 bits per heavy atom. The summed E-state index contributed by atoms with van der Waals surface area (Å²) in [7, 11) is 0. The van der Waals surface area contributed by atoms with E-state index in [2.05, 4.69) is 46.8 Å². The fourth-order valence-electron chi connectivity index (χ4n) is 2.63. The molecule has 1 N–H and O–H groups in total. The molecule has 1 heterocycles. The van der Waals surface area contributed by atoms with Gasteiger partial charge in [-0.2, -0.15) is 4.68 Å². The van der Waals surface area contributed by atoms with Crippen molar-refractivity contribution in [3.63, 3.8) is 0 Å². The highest BCUT2D eigenvalue weighted by Gasteiger charge is 2.13. The average Bonchev–Trinajstić information content (AvgIpc) is 3.12. The van der Waals surface area contributed by atoms with Crippen LogP contribution in [0.1, 0.15) is 36.5 Å². The number of hydrogen-bond donors (Lipinski definition) is 1. The highest BCUT2D eigenvalue weighted by molar-refractivity contribution is 7.99. The lowest BCUT2D eigenvalue weighted by atomic mass is 10.0. The van der Waals surface area contributed by atoms with Crippen LogP contribution in [0.25, 0.3) is 5.69 Å². The van der Waals surface area contributed by atoms with E-state index in [1.54, 1.807) is 4.68 Å². The SMILES string of the molecule is Cc1cccc(NC(=O)CSc2nnnn2-c2ccc(C(C)C)cc2)c1C. The summed E-state index contributed by atoms with van der Waals surface area (Å²) < 4.78 is 1.65. The Balaban J connectivity index is 1.66. The van der Waals surface area contributed by atoms with E-state index in [4.69, 9.17) is 0 Å². The smallest absolute Gasteiger partial charge is 0.234 e. The third kappa shape index (κ3) is 4.54. The number of carbonyl (C=O) groups excluding carboxylic acids is 1. The zero-order valence-corrected chi connectivity index (χ0v) is 16.7. The maximum absolute atomic E-state index is 12.3. The van der Waals surface area contributed by atoms with Gasteiger partial charge in [0, 0.05) is 5.69 Å². The van der Waals surface area contributed by atoms with Gasteiger partial charge in [0.05, 0.1) is 11.4 Å². The molecule has 0 bridgehead atoms. The molecule has 0 spiro atoms. The van der Waals surface area contributed by atoms with Gasteiger partial charge >= 0.3 is 0 Å². The number of hydrogen-bond acceptors (Lipinski definition) is 5. The first-order chi connectivity index (χ1) is 13.0. The van der Waals surface area contributed by atoms with Crippen molar-refractivity contribution < 1.29 is 4.79 Å². The summed E-state index contributed by atoms with van der Waals surface area (Å²) in [5.74, 6) is 0.617. The van der Waals surface area contributed by atoms with E-state index in [0.717, 1.165) is 22.5 Å². The normalized spacial score (nSPS) is 11.0. The number of amides is 1. The van der Waals surface area contributed by atoms with Gasteiger partial charge < -0.3 is 5.32 Å². The number of tetrazole rings is 1. The number of nitrogens with zero attached hydrogens (tertiary/aromatic N) is 4. The van der Waals surface area contributed by atoms with Crippen molar-refractivity contribution in [1.82, 2.24) is 20.2 Å². The van der Waals surface area contributed by atoms with Gasteiger partial charge in [-0.15, -0.1) is 5.10 Å². The molecule has 0 saturated heterocycles. The molecule has 1 aromatic heterocycles. The molecule has 0 aliphatic rings. The first kappa shape index (κ1) is 19.1. The molecule has 0 aliphatic heterocycles. The molecule has 0 atom stereocenters. The standard InChI is InChI=1S/C20H23N5OS/c1-13(2)16-8-10-17(11-9-16)25-20(22-23-24-25)27-12-19(26)21-18-7-5-6-14(3)15(18)4/h5-11,13H,12H2,1-4H3,(H,21,26). The molecular formula is C20H23N5OS. The lowest BCUT2D eigenvalue weighted by Gasteiger charge is -2.10. The molecule has 3 aromatic rings. The van der Waals surface area contributed by atoms with E-state index >= 15 is 0 Å². The highest BCUT2D eigenvalue weighted by atomic mass is 32.2. The Kier molecular flexibility index (Phi) is 5.91. The number of benzene rings is 2. The second-order valence-electron chi connectivity index (χ2n) is 6.70. The Hall–Kier alpha value is -2.67. The monoisotopic (exact) mass is 381 g/mol. The van der Waals surface area contributed by atoms with Crippen molar-refractivity contribution in [3.05, 3.63) is 59.2 Å².